The number of aliphatic hydroxyl groups is 1. The quantitative estimate of drug-likeness (QED) is 0.433. The predicted octanol–water partition coefficient (Wildman–Crippen LogP) is 1.49. The molecule has 5 nitrogen and oxygen atoms in total. The third kappa shape index (κ3) is 11.3. The van der Waals surface area contributed by atoms with Gasteiger partial charge in [-0.15, -0.1) is 0 Å². The molecule has 0 amide bonds. The van der Waals surface area contributed by atoms with E-state index in [1.165, 1.54) is 6.26 Å². The van der Waals surface area contributed by atoms with Gasteiger partial charge in [-0.2, -0.15) is 0 Å². The highest BCUT2D eigenvalue weighted by Crippen LogP contribution is 1.93. The van der Waals surface area contributed by atoms with Gasteiger partial charge < -0.3 is 24.1 Å². The van der Waals surface area contributed by atoms with Gasteiger partial charge >= 0.3 is 0 Å². The van der Waals surface area contributed by atoms with Crippen molar-refractivity contribution in [2.45, 2.75) is 13.3 Å². The third-order valence-corrected chi connectivity index (χ3v) is 1.73. The zero-order valence-corrected chi connectivity index (χ0v) is 10.1. The van der Waals surface area contributed by atoms with E-state index in [0.29, 0.717) is 46.1 Å². The normalized spacial score (nSPS) is 11.8. The molecule has 0 spiro atoms. The maximum absolute atomic E-state index is 9.04. The second-order valence-corrected chi connectivity index (χ2v) is 3.05. The highest BCUT2D eigenvalue weighted by molar-refractivity contribution is 4.81. The van der Waals surface area contributed by atoms with Crippen LogP contribution in [0.2, 0.25) is 0 Å². The van der Waals surface area contributed by atoms with Crippen LogP contribution in [0.4, 0.5) is 0 Å². The minimum Gasteiger partial charge on any atom is -0.509 e. The lowest BCUT2D eigenvalue weighted by Crippen LogP contribution is -2.10. The SMILES string of the molecule is CCC(O)=COCCOCCOCCOC. The first-order chi connectivity index (χ1) is 7.81. The van der Waals surface area contributed by atoms with Crippen LogP contribution in [-0.4, -0.2) is 51.9 Å². The minimum absolute atomic E-state index is 0.239. The van der Waals surface area contributed by atoms with Gasteiger partial charge in [0, 0.05) is 13.5 Å². The summed E-state index contributed by atoms with van der Waals surface area (Å²) in [5.41, 5.74) is 0. The molecule has 0 fully saturated rings. The van der Waals surface area contributed by atoms with E-state index in [2.05, 4.69) is 0 Å². The lowest BCUT2D eigenvalue weighted by molar-refractivity contribution is 0.0138. The lowest BCUT2D eigenvalue weighted by Gasteiger charge is -2.05. The minimum atomic E-state index is 0.239. The number of hydrogen-bond donors (Lipinski definition) is 1. The van der Waals surface area contributed by atoms with Crippen molar-refractivity contribution in [3.05, 3.63) is 12.0 Å². The molecule has 0 aromatic carbocycles. The predicted molar refractivity (Wildman–Crippen MR) is 60.5 cm³/mol. The molecule has 0 atom stereocenters. The molecule has 0 bridgehead atoms. The summed E-state index contributed by atoms with van der Waals surface area (Å²) >= 11 is 0. The summed E-state index contributed by atoms with van der Waals surface area (Å²) in [7, 11) is 1.64. The molecule has 0 heterocycles. The smallest absolute Gasteiger partial charge is 0.126 e. The summed E-state index contributed by atoms with van der Waals surface area (Å²) < 4.78 is 20.3. The Morgan fingerprint density at radius 3 is 2.12 bits per heavy atom. The molecule has 0 unspecified atom stereocenters. The summed E-state index contributed by atoms with van der Waals surface area (Å²) in [4.78, 5) is 0. The fourth-order valence-electron chi connectivity index (χ4n) is 0.810. The maximum Gasteiger partial charge on any atom is 0.126 e. The van der Waals surface area contributed by atoms with E-state index in [1.807, 2.05) is 6.92 Å². The molecule has 16 heavy (non-hydrogen) atoms. The molecule has 0 aromatic rings. The Morgan fingerprint density at radius 2 is 1.56 bits per heavy atom. The zero-order valence-electron chi connectivity index (χ0n) is 10.1. The van der Waals surface area contributed by atoms with Gasteiger partial charge in [-0.1, -0.05) is 6.92 Å². The maximum atomic E-state index is 9.04. The van der Waals surface area contributed by atoms with Crippen LogP contribution >= 0.6 is 0 Å². The molecular weight excluding hydrogens is 212 g/mol. The number of hydrogen-bond acceptors (Lipinski definition) is 5. The van der Waals surface area contributed by atoms with Crippen molar-refractivity contribution < 1.29 is 24.1 Å². The summed E-state index contributed by atoms with van der Waals surface area (Å²) in [6.45, 7) is 5.05. The van der Waals surface area contributed by atoms with Gasteiger partial charge in [0.25, 0.3) is 0 Å². The van der Waals surface area contributed by atoms with Crippen LogP contribution < -0.4 is 0 Å². The van der Waals surface area contributed by atoms with E-state index in [9.17, 15) is 0 Å². The molecule has 1 N–H and O–H groups in total. The van der Waals surface area contributed by atoms with E-state index < -0.39 is 0 Å². The van der Waals surface area contributed by atoms with Crippen LogP contribution in [0.5, 0.6) is 0 Å². The zero-order chi connectivity index (χ0) is 12.1. The molecule has 0 radical (unpaired) electrons. The van der Waals surface area contributed by atoms with Crippen molar-refractivity contribution in [2.24, 2.45) is 0 Å². The number of aliphatic hydroxyl groups excluding tert-OH is 1. The lowest BCUT2D eigenvalue weighted by atomic mass is 10.4. The fraction of sp³-hybridized carbons (Fsp3) is 0.818. The second kappa shape index (κ2) is 12.3. The Bertz CT molecular complexity index is 170. The van der Waals surface area contributed by atoms with Gasteiger partial charge in [-0.3, -0.25) is 0 Å². The first kappa shape index (κ1) is 15.2. The first-order valence-corrected chi connectivity index (χ1v) is 5.45. The average Bonchev–Trinajstić information content (AvgIpc) is 2.31. The van der Waals surface area contributed by atoms with Crippen molar-refractivity contribution >= 4 is 0 Å². The highest BCUT2D eigenvalue weighted by Gasteiger charge is 1.91. The number of allylic oxidation sites excluding steroid dienone is 1. The number of methoxy groups -OCH3 is 1. The van der Waals surface area contributed by atoms with Crippen LogP contribution in [0.15, 0.2) is 12.0 Å². The van der Waals surface area contributed by atoms with Crippen LogP contribution in [-0.2, 0) is 18.9 Å². The van der Waals surface area contributed by atoms with E-state index in [0.717, 1.165) is 0 Å². The fourth-order valence-corrected chi connectivity index (χ4v) is 0.810. The van der Waals surface area contributed by atoms with Crippen molar-refractivity contribution in [3.8, 4) is 0 Å². The monoisotopic (exact) mass is 234 g/mol. The molecule has 0 aliphatic heterocycles. The van der Waals surface area contributed by atoms with E-state index in [4.69, 9.17) is 24.1 Å². The van der Waals surface area contributed by atoms with E-state index >= 15 is 0 Å². The van der Waals surface area contributed by atoms with Crippen LogP contribution in [0, 0.1) is 0 Å². The topological polar surface area (TPSA) is 57.2 Å². The van der Waals surface area contributed by atoms with Gasteiger partial charge in [0.1, 0.15) is 18.6 Å². The Balaban J connectivity index is 3.04. The van der Waals surface area contributed by atoms with Gasteiger partial charge in [-0.25, -0.2) is 0 Å². The summed E-state index contributed by atoms with van der Waals surface area (Å²) in [5.74, 6) is 0.239. The molecule has 96 valence electrons. The highest BCUT2D eigenvalue weighted by atomic mass is 16.6. The van der Waals surface area contributed by atoms with Gasteiger partial charge in [0.15, 0.2) is 0 Å². The molecule has 0 aliphatic carbocycles. The molecule has 0 aromatic heterocycles. The van der Waals surface area contributed by atoms with Crippen molar-refractivity contribution in [1.29, 1.82) is 0 Å². The summed E-state index contributed by atoms with van der Waals surface area (Å²) in [5, 5.41) is 9.04. The summed E-state index contributed by atoms with van der Waals surface area (Å²) in [6.07, 6.45) is 1.92. The van der Waals surface area contributed by atoms with Crippen LogP contribution in [0.25, 0.3) is 0 Å². The molecule has 0 rings (SSSR count). The molecule has 5 heteroatoms. The number of rotatable bonds is 11. The van der Waals surface area contributed by atoms with Gasteiger partial charge in [0.05, 0.1) is 33.0 Å². The largest absolute Gasteiger partial charge is 0.509 e. The van der Waals surface area contributed by atoms with Crippen LogP contribution in [0.1, 0.15) is 13.3 Å². The molecule has 0 saturated heterocycles. The third-order valence-electron chi connectivity index (χ3n) is 1.73. The van der Waals surface area contributed by atoms with Crippen molar-refractivity contribution in [1.82, 2.24) is 0 Å². The summed E-state index contributed by atoms with van der Waals surface area (Å²) in [6, 6.07) is 0. The van der Waals surface area contributed by atoms with Crippen LogP contribution in [0.3, 0.4) is 0 Å². The molecule has 0 aliphatic rings. The molecule has 0 saturated carbocycles. The standard InChI is InChI=1S/C11H22O5/c1-3-11(12)10-16-9-8-15-7-6-14-5-4-13-2/h10,12H,3-9H2,1-2H3. The van der Waals surface area contributed by atoms with Gasteiger partial charge in [0.2, 0.25) is 0 Å². The first-order valence-electron chi connectivity index (χ1n) is 5.45. The van der Waals surface area contributed by atoms with Gasteiger partial charge in [-0.05, 0) is 0 Å². The Morgan fingerprint density at radius 1 is 1.00 bits per heavy atom. The van der Waals surface area contributed by atoms with E-state index in [-0.39, 0.29) is 5.76 Å². The average molecular weight is 234 g/mol. The van der Waals surface area contributed by atoms with E-state index in [1.54, 1.807) is 7.11 Å². The number of ether oxygens (including phenoxy) is 4. The Hall–Kier alpha value is -0.780. The Kier molecular flexibility index (Phi) is 11.7. The molecular formula is C11H22O5. The van der Waals surface area contributed by atoms with Crippen molar-refractivity contribution in [2.75, 3.05) is 46.8 Å². The second-order valence-electron chi connectivity index (χ2n) is 3.05. The van der Waals surface area contributed by atoms with Crippen molar-refractivity contribution in [3.63, 3.8) is 0 Å². The Labute approximate surface area is 96.9 Å².